The maximum Gasteiger partial charge on any atom is 0.264 e. The van der Waals surface area contributed by atoms with Crippen LogP contribution in [0.4, 0.5) is 5.69 Å². The smallest absolute Gasteiger partial charge is 0.264 e. The Morgan fingerprint density at radius 1 is 0.881 bits per heavy atom. The molecule has 1 heterocycles. The summed E-state index contributed by atoms with van der Waals surface area (Å²) in [6, 6.07) is 24.5. The van der Waals surface area contributed by atoms with Crippen molar-refractivity contribution in [2.75, 3.05) is 24.1 Å². The van der Waals surface area contributed by atoms with Crippen LogP contribution in [0.2, 0.25) is 0 Å². The Hall–Kier alpha value is -5.10. The van der Waals surface area contributed by atoms with E-state index >= 15 is 0 Å². The monoisotopic (exact) mass is 590 g/mol. The van der Waals surface area contributed by atoms with Crippen LogP contribution >= 0.6 is 0 Å². The molecule has 0 atom stereocenters. The number of furan rings is 1. The average Bonchev–Trinajstić information content (AvgIpc) is 3.53. The number of hydrazone groups is 1. The SMILES string of the molecule is CCOc1ccc(N(CC(=O)N/N=C\c2ccc(OCC(=O)NCc3ccco3)cc2)S(=O)(=O)c2ccccc2)cc1. The van der Waals surface area contributed by atoms with Crippen LogP contribution < -0.4 is 24.5 Å². The maximum atomic E-state index is 13.4. The molecule has 42 heavy (non-hydrogen) atoms. The molecule has 0 aliphatic carbocycles. The minimum atomic E-state index is -4.05. The molecule has 218 valence electrons. The van der Waals surface area contributed by atoms with Crippen molar-refractivity contribution in [2.45, 2.75) is 18.4 Å². The number of benzene rings is 3. The van der Waals surface area contributed by atoms with Crippen molar-refractivity contribution in [3.63, 3.8) is 0 Å². The molecule has 2 N–H and O–H groups in total. The number of hydrogen-bond donors (Lipinski definition) is 2. The molecule has 11 nitrogen and oxygen atoms in total. The number of hydrogen-bond acceptors (Lipinski definition) is 8. The Morgan fingerprint density at radius 3 is 2.24 bits per heavy atom. The van der Waals surface area contributed by atoms with Crippen LogP contribution in [0.5, 0.6) is 11.5 Å². The first-order chi connectivity index (χ1) is 20.3. The van der Waals surface area contributed by atoms with Crippen molar-refractivity contribution in [3.05, 3.63) is 109 Å². The van der Waals surface area contributed by atoms with Crippen molar-refractivity contribution in [3.8, 4) is 11.5 Å². The first kappa shape index (κ1) is 29.9. The van der Waals surface area contributed by atoms with Crippen LogP contribution in [0.3, 0.4) is 0 Å². The summed E-state index contributed by atoms with van der Waals surface area (Å²) in [5.41, 5.74) is 3.32. The molecule has 12 heteroatoms. The summed E-state index contributed by atoms with van der Waals surface area (Å²) in [6.07, 6.45) is 2.94. The Balaban J connectivity index is 1.34. The van der Waals surface area contributed by atoms with Crippen LogP contribution in [0.1, 0.15) is 18.2 Å². The Labute approximate surface area is 243 Å². The summed E-state index contributed by atoms with van der Waals surface area (Å²) in [6.45, 7) is 1.91. The van der Waals surface area contributed by atoms with Crippen LogP contribution in [0.25, 0.3) is 0 Å². The summed E-state index contributed by atoms with van der Waals surface area (Å²) in [7, 11) is -4.05. The molecule has 3 aromatic carbocycles. The molecule has 0 unspecified atom stereocenters. The number of rotatable bonds is 14. The second-order valence-electron chi connectivity index (χ2n) is 8.76. The lowest BCUT2D eigenvalue weighted by Crippen LogP contribution is -2.39. The predicted octanol–water partition coefficient (Wildman–Crippen LogP) is 3.72. The van der Waals surface area contributed by atoms with E-state index < -0.39 is 22.5 Å². The van der Waals surface area contributed by atoms with Gasteiger partial charge in [-0.25, -0.2) is 13.8 Å². The maximum absolute atomic E-state index is 13.4. The molecule has 1 aromatic heterocycles. The number of carbonyl (C=O) groups is 2. The van der Waals surface area contributed by atoms with E-state index in [0.29, 0.717) is 35.1 Å². The highest BCUT2D eigenvalue weighted by atomic mass is 32.2. The molecule has 0 aliphatic heterocycles. The third kappa shape index (κ3) is 8.45. The van der Waals surface area contributed by atoms with Crippen molar-refractivity contribution >= 4 is 33.7 Å². The van der Waals surface area contributed by atoms with E-state index in [1.807, 2.05) is 6.92 Å². The highest BCUT2D eigenvalue weighted by Crippen LogP contribution is 2.25. The predicted molar refractivity (Wildman–Crippen MR) is 157 cm³/mol. The van der Waals surface area contributed by atoms with Gasteiger partial charge in [0, 0.05) is 0 Å². The van der Waals surface area contributed by atoms with Crippen molar-refractivity contribution < 1.29 is 31.9 Å². The Bertz CT molecular complexity index is 1570. The fourth-order valence-electron chi connectivity index (χ4n) is 3.70. The van der Waals surface area contributed by atoms with E-state index in [9.17, 15) is 18.0 Å². The molecule has 0 radical (unpaired) electrons. The van der Waals surface area contributed by atoms with Gasteiger partial charge < -0.3 is 19.2 Å². The zero-order chi connectivity index (χ0) is 29.8. The lowest BCUT2D eigenvalue weighted by molar-refractivity contribution is -0.123. The number of nitrogens with zero attached hydrogens (tertiary/aromatic N) is 2. The summed E-state index contributed by atoms with van der Waals surface area (Å²) in [5.74, 6) is 0.757. The van der Waals surface area contributed by atoms with Crippen LogP contribution in [-0.2, 0) is 26.2 Å². The van der Waals surface area contributed by atoms with E-state index in [1.165, 1.54) is 24.6 Å². The molecule has 0 saturated carbocycles. The normalized spacial score (nSPS) is 11.2. The van der Waals surface area contributed by atoms with Gasteiger partial charge in [0.25, 0.3) is 21.8 Å². The van der Waals surface area contributed by atoms with E-state index in [2.05, 4.69) is 15.8 Å². The lowest BCUT2D eigenvalue weighted by atomic mass is 10.2. The molecule has 0 saturated heterocycles. The minimum absolute atomic E-state index is 0.0486. The van der Waals surface area contributed by atoms with Gasteiger partial charge >= 0.3 is 0 Å². The average molecular weight is 591 g/mol. The Morgan fingerprint density at radius 2 is 1.57 bits per heavy atom. The Kier molecular flexibility index (Phi) is 10.3. The molecular weight excluding hydrogens is 560 g/mol. The second kappa shape index (κ2) is 14.5. The van der Waals surface area contributed by atoms with Gasteiger partial charge in [-0.3, -0.25) is 13.9 Å². The molecule has 0 fully saturated rings. The van der Waals surface area contributed by atoms with Gasteiger partial charge in [0.2, 0.25) is 0 Å². The number of carbonyl (C=O) groups excluding carboxylic acids is 2. The van der Waals surface area contributed by atoms with Crippen molar-refractivity contribution in [1.29, 1.82) is 0 Å². The van der Waals surface area contributed by atoms with E-state index in [0.717, 1.165) is 4.31 Å². The number of amides is 2. The topological polar surface area (TPSA) is 140 Å². The van der Waals surface area contributed by atoms with Gasteiger partial charge in [-0.05, 0) is 85.3 Å². The number of nitrogens with one attached hydrogen (secondary N) is 2. The van der Waals surface area contributed by atoms with E-state index in [4.69, 9.17) is 13.9 Å². The van der Waals surface area contributed by atoms with Gasteiger partial charge in [-0.15, -0.1) is 0 Å². The first-order valence-electron chi connectivity index (χ1n) is 13.0. The van der Waals surface area contributed by atoms with Gasteiger partial charge in [0.1, 0.15) is 23.8 Å². The van der Waals surface area contributed by atoms with Crippen molar-refractivity contribution in [2.24, 2.45) is 5.10 Å². The summed E-state index contributed by atoms with van der Waals surface area (Å²) in [4.78, 5) is 24.8. The van der Waals surface area contributed by atoms with Gasteiger partial charge in [-0.1, -0.05) is 18.2 Å². The van der Waals surface area contributed by atoms with Crippen LogP contribution in [-0.4, -0.2) is 46.2 Å². The van der Waals surface area contributed by atoms with Crippen molar-refractivity contribution in [1.82, 2.24) is 10.7 Å². The largest absolute Gasteiger partial charge is 0.494 e. The molecule has 4 rings (SSSR count). The quantitative estimate of drug-likeness (QED) is 0.169. The molecule has 0 bridgehead atoms. The number of anilines is 1. The standard InChI is InChI=1S/C30H30N4O7S/c1-2-39-25-16-12-24(13-17-25)34(42(37,38)28-8-4-3-5-9-28)21-29(35)33-32-19-23-10-14-26(15-11-23)41-22-30(36)31-20-27-7-6-18-40-27/h3-19H,2,20-22H2,1H3,(H,31,36)(H,33,35)/b32-19-. The zero-order valence-electron chi connectivity index (χ0n) is 22.8. The van der Waals surface area contributed by atoms with Crippen LogP contribution in [0, 0.1) is 0 Å². The molecule has 2 amide bonds. The highest BCUT2D eigenvalue weighted by Gasteiger charge is 2.27. The molecule has 0 aliphatic rings. The lowest BCUT2D eigenvalue weighted by Gasteiger charge is -2.24. The molecule has 4 aromatic rings. The van der Waals surface area contributed by atoms with Gasteiger partial charge in [-0.2, -0.15) is 5.10 Å². The molecular formula is C30H30N4O7S. The third-order valence-corrected chi connectivity index (χ3v) is 7.53. The van der Waals surface area contributed by atoms with Crippen LogP contribution in [0.15, 0.2) is 112 Å². The summed E-state index contributed by atoms with van der Waals surface area (Å²) < 4.78 is 44.0. The number of ether oxygens (including phenoxy) is 2. The van der Waals surface area contributed by atoms with E-state index in [1.54, 1.807) is 78.9 Å². The first-order valence-corrected chi connectivity index (χ1v) is 14.4. The highest BCUT2D eigenvalue weighted by molar-refractivity contribution is 7.92. The fourth-order valence-corrected chi connectivity index (χ4v) is 5.15. The minimum Gasteiger partial charge on any atom is -0.494 e. The molecule has 0 spiro atoms. The van der Waals surface area contributed by atoms with E-state index in [-0.39, 0.29) is 24.0 Å². The van der Waals surface area contributed by atoms with Gasteiger partial charge in [0.15, 0.2) is 6.61 Å². The number of sulfonamides is 1. The summed E-state index contributed by atoms with van der Waals surface area (Å²) >= 11 is 0. The summed E-state index contributed by atoms with van der Waals surface area (Å²) in [5, 5.41) is 6.64. The fraction of sp³-hybridized carbons (Fsp3) is 0.167. The van der Waals surface area contributed by atoms with Gasteiger partial charge in [0.05, 0.1) is 36.2 Å². The zero-order valence-corrected chi connectivity index (χ0v) is 23.6. The third-order valence-electron chi connectivity index (χ3n) is 5.75. The second-order valence-corrected chi connectivity index (χ2v) is 10.6.